The van der Waals surface area contributed by atoms with Gasteiger partial charge in [0, 0.05) is 21.2 Å². The second-order valence-electron chi connectivity index (χ2n) is 8.87. The van der Waals surface area contributed by atoms with E-state index >= 15 is 0 Å². The van der Waals surface area contributed by atoms with Gasteiger partial charge in [-0.3, -0.25) is 4.79 Å². The van der Waals surface area contributed by atoms with Crippen LogP contribution in [0.1, 0.15) is 40.1 Å². The zero-order valence-corrected chi connectivity index (χ0v) is 21.9. The van der Waals surface area contributed by atoms with Crippen molar-refractivity contribution in [3.8, 4) is 5.75 Å². The van der Waals surface area contributed by atoms with E-state index in [-0.39, 0.29) is 0 Å². The molecule has 1 saturated heterocycles. The summed E-state index contributed by atoms with van der Waals surface area (Å²) < 4.78 is 11.6. The molecule has 9 heteroatoms. The Hall–Kier alpha value is -2.59. The standard InChI is InChI=1S/C28H30ClNO6S/c1-2-35-20-8-3-16(4-9-20)13-19-14-18(7-12-22(19)29)27-26(33)25(32)24(31)23(36-27)15-37-21-10-5-17(6-11-21)28(30)34/h3-12,14,23-27,31-33H,2,13,15H2,1H3,(H2,30,34). The number of carbonyl (C=O) groups excluding carboxylic acids is 1. The van der Waals surface area contributed by atoms with Crippen molar-refractivity contribution in [2.45, 2.75) is 48.8 Å². The van der Waals surface area contributed by atoms with E-state index in [0.717, 1.165) is 21.8 Å². The second kappa shape index (κ2) is 12.3. The lowest BCUT2D eigenvalue weighted by Crippen LogP contribution is -2.54. The number of benzene rings is 3. The number of rotatable bonds is 9. The van der Waals surface area contributed by atoms with E-state index < -0.39 is 36.4 Å². The minimum absolute atomic E-state index is 0.323. The second-order valence-corrected chi connectivity index (χ2v) is 10.4. The molecule has 0 aromatic heterocycles. The average molecular weight is 544 g/mol. The summed E-state index contributed by atoms with van der Waals surface area (Å²) in [5.74, 6) is 0.613. The Bertz CT molecular complexity index is 1210. The molecule has 1 fully saturated rings. The van der Waals surface area contributed by atoms with Crippen LogP contribution in [0, 0.1) is 0 Å². The van der Waals surface area contributed by atoms with Crippen molar-refractivity contribution in [3.05, 3.63) is 94.0 Å². The Kier molecular flexibility index (Phi) is 9.13. The molecular weight excluding hydrogens is 514 g/mol. The predicted octanol–water partition coefficient (Wildman–Crippen LogP) is 3.74. The fourth-order valence-corrected chi connectivity index (χ4v) is 5.40. The van der Waals surface area contributed by atoms with Gasteiger partial charge in [-0.15, -0.1) is 11.8 Å². The molecule has 0 radical (unpaired) electrons. The molecule has 5 atom stereocenters. The summed E-state index contributed by atoms with van der Waals surface area (Å²) >= 11 is 7.88. The lowest BCUT2D eigenvalue weighted by molar-refractivity contribution is -0.218. The van der Waals surface area contributed by atoms with Gasteiger partial charge in [0.05, 0.1) is 12.7 Å². The van der Waals surface area contributed by atoms with Gasteiger partial charge >= 0.3 is 0 Å². The number of halogens is 1. The largest absolute Gasteiger partial charge is 0.494 e. The summed E-state index contributed by atoms with van der Waals surface area (Å²) in [6, 6.07) is 19.9. The highest BCUT2D eigenvalue weighted by Gasteiger charge is 2.44. The molecule has 3 aromatic carbocycles. The number of primary amides is 1. The van der Waals surface area contributed by atoms with Crippen molar-refractivity contribution >= 4 is 29.3 Å². The molecule has 1 heterocycles. The lowest BCUT2D eigenvalue weighted by atomic mass is 9.90. The molecule has 3 aromatic rings. The van der Waals surface area contributed by atoms with Gasteiger partial charge in [0.1, 0.15) is 30.2 Å². The van der Waals surface area contributed by atoms with E-state index in [0.29, 0.717) is 34.9 Å². The van der Waals surface area contributed by atoms with Crippen LogP contribution in [0.2, 0.25) is 5.02 Å². The van der Waals surface area contributed by atoms with Crippen LogP contribution in [0.3, 0.4) is 0 Å². The topological polar surface area (TPSA) is 122 Å². The molecule has 0 bridgehead atoms. The number of aliphatic hydroxyl groups excluding tert-OH is 3. The van der Waals surface area contributed by atoms with E-state index in [9.17, 15) is 20.1 Å². The number of hydrogen-bond donors (Lipinski definition) is 4. The zero-order valence-electron chi connectivity index (χ0n) is 20.3. The summed E-state index contributed by atoms with van der Waals surface area (Å²) in [5, 5.41) is 32.5. The van der Waals surface area contributed by atoms with Crippen molar-refractivity contribution in [1.82, 2.24) is 0 Å². The molecule has 5 N–H and O–H groups in total. The number of aliphatic hydroxyl groups is 3. The number of hydrogen-bond acceptors (Lipinski definition) is 7. The minimum Gasteiger partial charge on any atom is -0.494 e. The third kappa shape index (κ3) is 6.65. The van der Waals surface area contributed by atoms with Gasteiger partial charge in [-0.05, 0) is 72.5 Å². The highest BCUT2D eigenvalue weighted by atomic mass is 35.5. The van der Waals surface area contributed by atoms with E-state index in [1.54, 1.807) is 36.4 Å². The van der Waals surface area contributed by atoms with Crippen LogP contribution in [0.4, 0.5) is 0 Å². The Morgan fingerprint density at radius 2 is 1.70 bits per heavy atom. The third-order valence-electron chi connectivity index (χ3n) is 6.29. The Labute approximate surface area is 225 Å². The van der Waals surface area contributed by atoms with Crippen LogP contribution in [0.15, 0.2) is 71.6 Å². The van der Waals surface area contributed by atoms with E-state index in [1.165, 1.54) is 11.8 Å². The van der Waals surface area contributed by atoms with Gasteiger partial charge in [-0.2, -0.15) is 0 Å². The third-order valence-corrected chi connectivity index (χ3v) is 7.76. The normalized spacial score (nSPS) is 23.5. The van der Waals surface area contributed by atoms with Gasteiger partial charge in [0.15, 0.2) is 0 Å². The van der Waals surface area contributed by atoms with Crippen LogP contribution in [-0.4, -0.2) is 58.0 Å². The van der Waals surface area contributed by atoms with Gasteiger partial charge in [-0.1, -0.05) is 35.9 Å². The summed E-state index contributed by atoms with van der Waals surface area (Å²) in [6.45, 7) is 2.53. The lowest BCUT2D eigenvalue weighted by Gasteiger charge is -2.41. The van der Waals surface area contributed by atoms with Gasteiger partial charge < -0.3 is 30.5 Å². The molecule has 0 spiro atoms. The highest BCUT2D eigenvalue weighted by Crippen LogP contribution is 2.36. The average Bonchev–Trinajstić information content (AvgIpc) is 2.90. The number of thioether (sulfide) groups is 1. The maximum absolute atomic E-state index is 11.3. The maximum atomic E-state index is 11.3. The summed E-state index contributed by atoms with van der Waals surface area (Å²) in [5.41, 5.74) is 8.24. The molecule has 37 heavy (non-hydrogen) atoms. The van der Waals surface area contributed by atoms with Gasteiger partial charge in [0.2, 0.25) is 5.91 Å². The first-order valence-corrected chi connectivity index (χ1v) is 13.4. The molecule has 196 valence electrons. The first kappa shape index (κ1) is 27.4. The van der Waals surface area contributed by atoms with Crippen LogP contribution in [0.5, 0.6) is 5.75 Å². The van der Waals surface area contributed by atoms with Gasteiger partial charge in [-0.25, -0.2) is 0 Å². The number of ether oxygens (including phenoxy) is 2. The SMILES string of the molecule is CCOc1ccc(Cc2cc(C3OC(CSc4ccc(C(N)=O)cc4)C(O)C(O)C3O)ccc2Cl)cc1. The zero-order chi connectivity index (χ0) is 26.5. The Morgan fingerprint density at radius 3 is 2.35 bits per heavy atom. The Balaban J connectivity index is 1.48. The summed E-state index contributed by atoms with van der Waals surface area (Å²) in [6.07, 6.45) is -4.99. The van der Waals surface area contributed by atoms with Crippen LogP contribution < -0.4 is 10.5 Å². The molecule has 1 aliphatic heterocycles. The molecule has 1 amide bonds. The first-order chi connectivity index (χ1) is 17.8. The highest BCUT2D eigenvalue weighted by molar-refractivity contribution is 7.99. The first-order valence-electron chi connectivity index (χ1n) is 12.0. The number of carbonyl (C=O) groups is 1. The van der Waals surface area contributed by atoms with Crippen molar-refractivity contribution in [3.63, 3.8) is 0 Å². The Morgan fingerprint density at radius 1 is 1.00 bits per heavy atom. The van der Waals surface area contributed by atoms with E-state index in [4.69, 9.17) is 26.8 Å². The molecule has 0 saturated carbocycles. The molecular formula is C28H30ClNO6S. The number of nitrogens with two attached hydrogens (primary N) is 1. The van der Waals surface area contributed by atoms with E-state index in [1.807, 2.05) is 37.3 Å². The van der Waals surface area contributed by atoms with Crippen molar-refractivity contribution in [2.75, 3.05) is 12.4 Å². The molecule has 0 aliphatic carbocycles. The van der Waals surface area contributed by atoms with Crippen LogP contribution in [-0.2, 0) is 11.2 Å². The van der Waals surface area contributed by atoms with Crippen molar-refractivity contribution < 1.29 is 29.6 Å². The fourth-order valence-electron chi connectivity index (χ4n) is 4.25. The summed E-state index contributed by atoms with van der Waals surface area (Å²) in [4.78, 5) is 12.1. The van der Waals surface area contributed by atoms with Crippen molar-refractivity contribution in [2.24, 2.45) is 5.73 Å². The molecule has 7 nitrogen and oxygen atoms in total. The molecule has 4 rings (SSSR count). The summed E-state index contributed by atoms with van der Waals surface area (Å²) in [7, 11) is 0. The monoisotopic (exact) mass is 543 g/mol. The minimum atomic E-state index is -1.38. The van der Waals surface area contributed by atoms with Crippen molar-refractivity contribution in [1.29, 1.82) is 0 Å². The smallest absolute Gasteiger partial charge is 0.248 e. The quantitative estimate of drug-likeness (QED) is 0.303. The predicted molar refractivity (Wildman–Crippen MR) is 143 cm³/mol. The van der Waals surface area contributed by atoms with Crippen LogP contribution in [0.25, 0.3) is 0 Å². The molecule has 1 aliphatic rings. The van der Waals surface area contributed by atoms with Gasteiger partial charge in [0.25, 0.3) is 0 Å². The van der Waals surface area contributed by atoms with Crippen LogP contribution >= 0.6 is 23.4 Å². The maximum Gasteiger partial charge on any atom is 0.248 e. The fraction of sp³-hybridized carbons (Fsp3) is 0.321. The number of amides is 1. The van der Waals surface area contributed by atoms with E-state index in [2.05, 4.69) is 0 Å². The molecule has 5 unspecified atom stereocenters.